The third-order valence-corrected chi connectivity index (χ3v) is 4.61. The van der Waals surface area contributed by atoms with Gasteiger partial charge < -0.3 is 14.8 Å². The Kier molecular flexibility index (Phi) is 4.17. The van der Waals surface area contributed by atoms with E-state index in [0.717, 1.165) is 28.6 Å². The maximum Gasteiger partial charge on any atom is 0.231 e. The zero-order valence-corrected chi connectivity index (χ0v) is 13.6. The van der Waals surface area contributed by atoms with E-state index in [2.05, 4.69) is 15.8 Å². The van der Waals surface area contributed by atoms with Gasteiger partial charge in [0.05, 0.1) is 18.7 Å². The summed E-state index contributed by atoms with van der Waals surface area (Å²) >= 11 is 1.12. The second-order valence-electron chi connectivity index (χ2n) is 5.26. The zero-order valence-electron chi connectivity index (χ0n) is 12.8. The van der Waals surface area contributed by atoms with Gasteiger partial charge in [-0.25, -0.2) is 0 Å². The monoisotopic (exact) mass is 329 g/mol. The predicted octanol–water partition coefficient (Wildman–Crippen LogP) is 2.52. The first kappa shape index (κ1) is 15.3. The summed E-state index contributed by atoms with van der Waals surface area (Å²) in [4.78, 5) is 12.5. The van der Waals surface area contributed by atoms with Crippen LogP contribution in [0.3, 0.4) is 0 Å². The summed E-state index contributed by atoms with van der Waals surface area (Å²) in [5.41, 5.74) is 1.99. The zero-order chi connectivity index (χ0) is 16.4. The minimum atomic E-state index is -0.316. The molecule has 6 nitrogen and oxygen atoms in total. The molecule has 2 aromatic rings. The average Bonchev–Trinajstić information content (AvgIpc) is 2.93. The minimum Gasteiger partial charge on any atom is -0.497 e. The lowest BCUT2D eigenvalue weighted by molar-refractivity contribution is -0.121. The molecule has 0 saturated carbocycles. The molecule has 0 bridgehead atoms. The van der Waals surface area contributed by atoms with Crippen molar-refractivity contribution in [2.24, 2.45) is 5.92 Å². The van der Waals surface area contributed by atoms with Crippen molar-refractivity contribution in [2.75, 3.05) is 19.0 Å². The van der Waals surface area contributed by atoms with Gasteiger partial charge in [-0.1, -0.05) is 0 Å². The lowest BCUT2D eigenvalue weighted by Crippen LogP contribution is -2.32. The normalized spacial score (nSPS) is 16.0. The summed E-state index contributed by atoms with van der Waals surface area (Å²) in [6.45, 7) is 2.06. The number of aromatic nitrogens is 1. The molecule has 3 rings (SSSR count). The fourth-order valence-electron chi connectivity index (χ4n) is 2.47. The topological polar surface area (TPSA) is 84.2 Å². The molecule has 1 atom stereocenters. The fraction of sp³-hybridized carbons (Fsp3) is 0.312. The van der Waals surface area contributed by atoms with Crippen molar-refractivity contribution in [1.29, 1.82) is 5.26 Å². The summed E-state index contributed by atoms with van der Waals surface area (Å²) in [5.74, 6) is 1.03. The molecule has 1 aromatic heterocycles. The largest absolute Gasteiger partial charge is 0.497 e. The second-order valence-corrected chi connectivity index (χ2v) is 6.03. The van der Waals surface area contributed by atoms with Crippen molar-refractivity contribution in [3.63, 3.8) is 0 Å². The van der Waals surface area contributed by atoms with E-state index in [1.54, 1.807) is 14.0 Å². The Morgan fingerprint density at radius 1 is 1.57 bits per heavy atom. The molecule has 7 heteroatoms. The lowest BCUT2D eigenvalue weighted by atomic mass is 9.96. The number of hydrogen-bond acceptors (Lipinski definition) is 6. The molecule has 2 heterocycles. The highest BCUT2D eigenvalue weighted by molar-refractivity contribution is 7.10. The Labute approximate surface area is 137 Å². The van der Waals surface area contributed by atoms with Crippen LogP contribution in [0.1, 0.15) is 16.8 Å². The highest BCUT2D eigenvalue weighted by atomic mass is 32.1. The van der Waals surface area contributed by atoms with Crippen LogP contribution in [0.25, 0.3) is 0 Å². The van der Waals surface area contributed by atoms with Crippen LogP contribution in [0.15, 0.2) is 18.2 Å². The first-order valence-corrected chi connectivity index (χ1v) is 7.86. The van der Waals surface area contributed by atoms with Gasteiger partial charge in [-0.15, -0.1) is 0 Å². The number of carbonyl (C=O) groups excluding carboxylic acids is 1. The number of fused-ring (bicyclic) bond motifs is 1. The van der Waals surface area contributed by atoms with Gasteiger partial charge in [0.15, 0.2) is 0 Å². The predicted molar refractivity (Wildman–Crippen MR) is 85.9 cm³/mol. The smallest absolute Gasteiger partial charge is 0.231 e. The number of amides is 1. The van der Waals surface area contributed by atoms with Crippen LogP contribution in [0.2, 0.25) is 0 Å². The van der Waals surface area contributed by atoms with Crippen LogP contribution in [-0.4, -0.2) is 24.0 Å². The SMILES string of the molecule is COc1ccc2c(c1)CC(C(=O)Nc1snc(C)c1C#N)CO2. The molecule has 0 saturated heterocycles. The van der Waals surface area contributed by atoms with E-state index >= 15 is 0 Å². The third kappa shape index (κ3) is 2.98. The quantitative estimate of drug-likeness (QED) is 0.935. The number of rotatable bonds is 3. The molecular weight excluding hydrogens is 314 g/mol. The molecule has 1 amide bonds. The fourth-order valence-corrected chi connectivity index (χ4v) is 3.22. The molecule has 0 fully saturated rings. The molecule has 0 spiro atoms. The molecule has 23 heavy (non-hydrogen) atoms. The summed E-state index contributed by atoms with van der Waals surface area (Å²) in [6.07, 6.45) is 0.567. The molecule has 1 N–H and O–H groups in total. The number of nitrogens with one attached hydrogen (secondary N) is 1. The van der Waals surface area contributed by atoms with Gasteiger partial charge in [-0.05, 0) is 48.6 Å². The van der Waals surface area contributed by atoms with Crippen LogP contribution in [-0.2, 0) is 11.2 Å². The minimum absolute atomic E-state index is 0.168. The van der Waals surface area contributed by atoms with E-state index < -0.39 is 0 Å². The number of benzene rings is 1. The first-order valence-electron chi connectivity index (χ1n) is 7.09. The van der Waals surface area contributed by atoms with Gasteiger partial charge in [0.25, 0.3) is 0 Å². The van der Waals surface area contributed by atoms with Crippen molar-refractivity contribution in [2.45, 2.75) is 13.3 Å². The van der Waals surface area contributed by atoms with E-state index in [9.17, 15) is 4.79 Å². The Bertz CT molecular complexity index is 794. The summed E-state index contributed by atoms with van der Waals surface area (Å²) in [6, 6.07) is 7.63. The molecule has 1 aromatic carbocycles. The van der Waals surface area contributed by atoms with E-state index in [0.29, 0.717) is 29.3 Å². The molecule has 1 aliphatic rings. The standard InChI is InChI=1S/C16H15N3O3S/c1-9-13(7-17)16(23-19-9)18-15(20)11-5-10-6-12(21-2)3-4-14(10)22-8-11/h3-4,6,11H,5,8H2,1-2H3,(H,18,20). The maximum absolute atomic E-state index is 12.5. The van der Waals surface area contributed by atoms with E-state index in [-0.39, 0.29) is 11.8 Å². The number of nitriles is 1. The summed E-state index contributed by atoms with van der Waals surface area (Å²) in [7, 11) is 1.60. The van der Waals surface area contributed by atoms with Crippen LogP contribution >= 0.6 is 11.5 Å². The number of ether oxygens (including phenoxy) is 2. The van der Waals surface area contributed by atoms with Crippen LogP contribution in [0, 0.1) is 24.2 Å². The Morgan fingerprint density at radius 3 is 3.13 bits per heavy atom. The number of nitrogens with zero attached hydrogens (tertiary/aromatic N) is 2. The number of aryl methyl sites for hydroxylation is 1. The van der Waals surface area contributed by atoms with Gasteiger partial charge in [0.1, 0.15) is 34.7 Å². The van der Waals surface area contributed by atoms with E-state index in [4.69, 9.17) is 14.7 Å². The molecule has 0 aliphatic carbocycles. The second kappa shape index (κ2) is 6.26. The molecule has 1 aliphatic heterocycles. The summed E-state index contributed by atoms with van der Waals surface area (Å²) < 4.78 is 15.0. The van der Waals surface area contributed by atoms with Gasteiger partial charge in [-0.2, -0.15) is 9.64 Å². The van der Waals surface area contributed by atoms with Crippen molar-refractivity contribution < 1.29 is 14.3 Å². The van der Waals surface area contributed by atoms with Gasteiger partial charge in [-0.3, -0.25) is 4.79 Å². The first-order chi connectivity index (χ1) is 11.1. The highest BCUT2D eigenvalue weighted by Crippen LogP contribution is 2.32. The van der Waals surface area contributed by atoms with Crippen LogP contribution in [0.5, 0.6) is 11.5 Å². The van der Waals surface area contributed by atoms with Crippen molar-refractivity contribution in [3.8, 4) is 17.6 Å². The number of carbonyl (C=O) groups is 1. The van der Waals surface area contributed by atoms with Gasteiger partial charge >= 0.3 is 0 Å². The van der Waals surface area contributed by atoms with Crippen LogP contribution in [0.4, 0.5) is 5.00 Å². The van der Waals surface area contributed by atoms with Crippen LogP contribution < -0.4 is 14.8 Å². The number of hydrogen-bond donors (Lipinski definition) is 1. The third-order valence-electron chi connectivity index (χ3n) is 3.76. The number of methoxy groups -OCH3 is 1. The van der Waals surface area contributed by atoms with Crippen molar-refractivity contribution in [1.82, 2.24) is 4.37 Å². The Hall–Kier alpha value is -2.59. The highest BCUT2D eigenvalue weighted by Gasteiger charge is 2.27. The van der Waals surface area contributed by atoms with Gasteiger partial charge in [0, 0.05) is 0 Å². The molecule has 1 unspecified atom stereocenters. The Morgan fingerprint density at radius 2 is 2.39 bits per heavy atom. The molecule has 0 radical (unpaired) electrons. The van der Waals surface area contributed by atoms with E-state index in [1.807, 2.05) is 18.2 Å². The maximum atomic E-state index is 12.5. The average molecular weight is 329 g/mol. The summed E-state index contributed by atoms with van der Waals surface area (Å²) in [5, 5.41) is 12.4. The van der Waals surface area contributed by atoms with Crippen molar-refractivity contribution in [3.05, 3.63) is 35.0 Å². The van der Waals surface area contributed by atoms with E-state index in [1.165, 1.54) is 0 Å². The molecular formula is C16H15N3O3S. The lowest BCUT2D eigenvalue weighted by Gasteiger charge is -2.24. The Balaban J connectivity index is 1.75. The molecule has 118 valence electrons. The number of anilines is 1. The van der Waals surface area contributed by atoms with Crippen molar-refractivity contribution >= 4 is 22.4 Å². The van der Waals surface area contributed by atoms with Gasteiger partial charge in [0.2, 0.25) is 5.91 Å².